The van der Waals surface area contributed by atoms with E-state index in [9.17, 15) is 8.42 Å². The molecule has 1 aromatic carbocycles. The van der Waals surface area contributed by atoms with Gasteiger partial charge in [0.15, 0.2) is 0 Å². The van der Waals surface area contributed by atoms with E-state index in [0.29, 0.717) is 11.4 Å². The minimum atomic E-state index is -3.75. The molecule has 0 aliphatic rings. The van der Waals surface area contributed by atoms with Crippen LogP contribution in [0.25, 0.3) is 0 Å². The first-order chi connectivity index (χ1) is 9.83. The number of sulfonamides is 1. The molecule has 0 aliphatic heterocycles. The van der Waals surface area contributed by atoms with Crippen LogP contribution in [0.1, 0.15) is 16.8 Å². The summed E-state index contributed by atoms with van der Waals surface area (Å²) >= 11 is 0. The zero-order chi connectivity index (χ0) is 15.6. The van der Waals surface area contributed by atoms with Crippen molar-refractivity contribution in [2.75, 3.05) is 10.5 Å². The van der Waals surface area contributed by atoms with Gasteiger partial charge in [-0.15, -0.1) is 0 Å². The number of aromatic nitrogens is 1. The largest absolute Gasteiger partial charge is 0.399 e. The number of pyridine rings is 1. The van der Waals surface area contributed by atoms with E-state index in [1.165, 1.54) is 12.1 Å². The third-order valence-electron chi connectivity index (χ3n) is 3.02. The lowest BCUT2D eigenvalue weighted by atomic mass is 10.1. The molecular weight excluding hydrogens is 288 g/mol. The van der Waals surface area contributed by atoms with Crippen molar-refractivity contribution in [1.82, 2.24) is 4.98 Å². The molecule has 0 saturated heterocycles. The van der Waals surface area contributed by atoms with Crippen LogP contribution in [0.3, 0.4) is 0 Å². The highest BCUT2D eigenvalue weighted by Crippen LogP contribution is 2.24. The second-order valence-electron chi connectivity index (χ2n) is 4.62. The molecule has 3 N–H and O–H groups in total. The molecule has 7 heteroatoms. The van der Waals surface area contributed by atoms with Crippen molar-refractivity contribution in [2.24, 2.45) is 0 Å². The highest BCUT2D eigenvalue weighted by Gasteiger charge is 2.16. The van der Waals surface area contributed by atoms with Gasteiger partial charge in [-0.05, 0) is 49.2 Å². The number of anilines is 2. The number of aryl methyl sites for hydroxylation is 2. The van der Waals surface area contributed by atoms with Gasteiger partial charge in [0, 0.05) is 11.9 Å². The molecule has 0 saturated carbocycles. The molecule has 108 valence electrons. The molecule has 2 rings (SSSR count). The molecule has 1 aromatic heterocycles. The lowest BCUT2D eigenvalue weighted by Crippen LogP contribution is -2.14. The molecule has 0 atom stereocenters. The van der Waals surface area contributed by atoms with Crippen LogP contribution in [0.2, 0.25) is 0 Å². The highest BCUT2D eigenvalue weighted by atomic mass is 32.2. The van der Waals surface area contributed by atoms with Crippen molar-refractivity contribution >= 4 is 21.4 Å². The van der Waals surface area contributed by atoms with Crippen LogP contribution in [-0.4, -0.2) is 13.4 Å². The maximum atomic E-state index is 12.3. The van der Waals surface area contributed by atoms with Gasteiger partial charge in [0.05, 0.1) is 5.69 Å². The molecule has 0 aliphatic carbocycles. The van der Waals surface area contributed by atoms with Crippen LogP contribution in [0.5, 0.6) is 0 Å². The summed E-state index contributed by atoms with van der Waals surface area (Å²) in [5.74, 6) is 0. The number of hydrogen-bond acceptors (Lipinski definition) is 5. The number of nitrogens with two attached hydrogens (primary N) is 1. The Morgan fingerprint density at radius 1 is 1.24 bits per heavy atom. The molecular formula is C14H14N4O2S. The van der Waals surface area contributed by atoms with Crippen molar-refractivity contribution in [3.63, 3.8) is 0 Å². The van der Waals surface area contributed by atoms with Crippen molar-refractivity contribution in [1.29, 1.82) is 5.26 Å². The zero-order valence-corrected chi connectivity index (χ0v) is 12.4. The maximum Gasteiger partial charge on any atom is 0.263 e. The monoisotopic (exact) mass is 302 g/mol. The summed E-state index contributed by atoms with van der Waals surface area (Å²) in [5.41, 5.74) is 8.52. The van der Waals surface area contributed by atoms with Crippen molar-refractivity contribution in [2.45, 2.75) is 18.7 Å². The van der Waals surface area contributed by atoms with Crippen LogP contribution in [0, 0.1) is 25.2 Å². The average molecular weight is 302 g/mol. The van der Waals surface area contributed by atoms with E-state index >= 15 is 0 Å². The maximum absolute atomic E-state index is 12.3. The molecule has 0 amide bonds. The second-order valence-corrected chi connectivity index (χ2v) is 6.30. The summed E-state index contributed by atoms with van der Waals surface area (Å²) in [6.07, 6.45) is 1.15. The van der Waals surface area contributed by atoms with E-state index in [2.05, 4.69) is 9.71 Å². The fourth-order valence-corrected chi connectivity index (χ4v) is 2.82. The Hall–Kier alpha value is -2.59. The lowest BCUT2D eigenvalue weighted by molar-refractivity contribution is 0.600. The third-order valence-corrected chi connectivity index (χ3v) is 4.37. The fraction of sp³-hybridized carbons (Fsp3) is 0.143. The van der Waals surface area contributed by atoms with Gasteiger partial charge in [-0.2, -0.15) is 5.26 Å². The van der Waals surface area contributed by atoms with E-state index in [0.717, 1.165) is 17.3 Å². The number of hydrogen-bond donors (Lipinski definition) is 2. The fourth-order valence-electron chi connectivity index (χ4n) is 1.76. The average Bonchev–Trinajstić information content (AvgIpc) is 2.44. The van der Waals surface area contributed by atoms with E-state index in [4.69, 9.17) is 11.0 Å². The summed E-state index contributed by atoms with van der Waals surface area (Å²) in [6.45, 7) is 3.57. The Morgan fingerprint density at radius 2 is 1.95 bits per heavy atom. The summed E-state index contributed by atoms with van der Waals surface area (Å²) in [7, 11) is -3.75. The van der Waals surface area contributed by atoms with Gasteiger partial charge < -0.3 is 5.73 Å². The minimum Gasteiger partial charge on any atom is -0.399 e. The Morgan fingerprint density at radius 3 is 2.52 bits per heavy atom. The number of rotatable bonds is 3. The minimum absolute atomic E-state index is 0.00428. The summed E-state index contributed by atoms with van der Waals surface area (Å²) < 4.78 is 27.1. The van der Waals surface area contributed by atoms with E-state index < -0.39 is 10.0 Å². The van der Waals surface area contributed by atoms with Crippen LogP contribution < -0.4 is 10.5 Å². The zero-order valence-electron chi connectivity index (χ0n) is 11.6. The molecule has 0 bridgehead atoms. The third kappa shape index (κ3) is 3.12. The van der Waals surface area contributed by atoms with Crippen molar-refractivity contribution in [3.8, 4) is 6.07 Å². The second kappa shape index (κ2) is 5.42. The summed E-state index contributed by atoms with van der Waals surface area (Å²) in [4.78, 5) is 3.75. The molecule has 21 heavy (non-hydrogen) atoms. The van der Waals surface area contributed by atoms with Gasteiger partial charge >= 0.3 is 0 Å². The SMILES string of the molecule is Cc1cc(NS(=O)(=O)c2ccc(C#N)nc2)c(C)cc1N. The Labute approximate surface area is 123 Å². The molecule has 2 aromatic rings. The van der Waals surface area contributed by atoms with Gasteiger partial charge in [0.1, 0.15) is 16.7 Å². The molecule has 0 fully saturated rings. The van der Waals surface area contributed by atoms with E-state index in [-0.39, 0.29) is 10.6 Å². The van der Waals surface area contributed by atoms with E-state index in [1.54, 1.807) is 26.0 Å². The number of nitriles is 1. The molecule has 1 heterocycles. The van der Waals surface area contributed by atoms with Crippen molar-refractivity contribution < 1.29 is 8.42 Å². The smallest absolute Gasteiger partial charge is 0.263 e. The first-order valence-corrected chi connectivity index (χ1v) is 7.57. The number of benzene rings is 1. The van der Waals surface area contributed by atoms with Gasteiger partial charge in [-0.1, -0.05) is 0 Å². The van der Waals surface area contributed by atoms with Crippen LogP contribution in [0.15, 0.2) is 35.4 Å². The number of nitrogens with zero attached hydrogens (tertiary/aromatic N) is 2. The topological polar surface area (TPSA) is 109 Å². The normalized spacial score (nSPS) is 10.9. The highest BCUT2D eigenvalue weighted by molar-refractivity contribution is 7.92. The molecule has 0 spiro atoms. The Balaban J connectivity index is 2.37. The van der Waals surface area contributed by atoms with E-state index in [1.807, 2.05) is 6.07 Å². The summed E-state index contributed by atoms with van der Waals surface area (Å²) in [5, 5.41) is 8.67. The van der Waals surface area contributed by atoms with Gasteiger partial charge in [-0.3, -0.25) is 4.72 Å². The van der Waals surface area contributed by atoms with Crippen LogP contribution >= 0.6 is 0 Å². The van der Waals surface area contributed by atoms with Crippen LogP contribution in [-0.2, 0) is 10.0 Å². The first-order valence-electron chi connectivity index (χ1n) is 6.09. The number of nitrogen functional groups attached to an aromatic ring is 1. The standard InChI is InChI=1S/C14H14N4O2S/c1-9-6-14(10(2)5-13(9)16)18-21(19,20)12-4-3-11(7-15)17-8-12/h3-6,8,18H,16H2,1-2H3. The molecule has 0 unspecified atom stereocenters. The Kier molecular flexibility index (Phi) is 3.82. The number of nitrogens with one attached hydrogen (secondary N) is 1. The van der Waals surface area contributed by atoms with Crippen molar-refractivity contribution in [3.05, 3.63) is 47.3 Å². The summed E-state index contributed by atoms with van der Waals surface area (Å²) in [6, 6.07) is 7.93. The Bertz CT molecular complexity index is 821. The molecule has 6 nitrogen and oxygen atoms in total. The predicted molar refractivity (Wildman–Crippen MR) is 80.1 cm³/mol. The van der Waals surface area contributed by atoms with Gasteiger partial charge in [-0.25, -0.2) is 13.4 Å². The first kappa shape index (κ1) is 14.8. The van der Waals surface area contributed by atoms with Gasteiger partial charge in [0.2, 0.25) is 0 Å². The molecule has 0 radical (unpaired) electrons. The van der Waals surface area contributed by atoms with Crippen LogP contribution in [0.4, 0.5) is 11.4 Å². The van der Waals surface area contributed by atoms with Gasteiger partial charge in [0.25, 0.3) is 10.0 Å². The quantitative estimate of drug-likeness (QED) is 0.842. The predicted octanol–water partition coefficient (Wildman–Crippen LogP) is 1.95. The lowest BCUT2D eigenvalue weighted by Gasteiger charge is -2.12.